The van der Waals surface area contributed by atoms with E-state index in [1.165, 1.54) is 18.4 Å². The molecule has 6 nitrogen and oxygen atoms in total. The predicted octanol–water partition coefficient (Wildman–Crippen LogP) is 3.34. The second-order valence-electron chi connectivity index (χ2n) is 5.21. The van der Waals surface area contributed by atoms with Crippen LogP contribution in [0, 0.1) is 0 Å². The molecule has 1 aromatic heterocycles. The van der Waals surface area contributed by atoms with Crippen LogP contribution in [0.3, 0.4) is 0 Å². The zero-order valence-corrected chi connectivity index (χ0v) is 14.8. The molecule has 0 atom stereocenters. The molecule has 0 radical (unpaired) electrons. The molecule has 132 valence electrons. The van der Waals surface area contributed by atoms with Crippen LogP contribution in [0.15, 0.2) is 45.9 Å². The highest BCUT2D eigenvalue weighted by atomic mass is 32.2. The van der Waals surface area contributed by atoms with Gasteiger partial charge < -0.3 is 13.9 Å². The molecule has 0 amide bonds. The van der Waals surface area contributed by atoms with Crippen molar-refractivity contribution in [3.63, 3.8) is 0 Å². The molecule has 0 unspecified atom stereocenters. The summed E-state index contributed by atoms with van der Waals surface area (Å²) in [5.41, 5.74) is 0. The van der Waals surface area contributed by atoms with Crippen molar-refractivity contribution in [2.45, 2.75) is 38.1 Å². The van der Waals surface area contributed by atoms with Crippen LogP contribution in [0.2, 0.25) is 0 Å². The Hall–Kier alpha value is -1.99. The SMILES string of the molecule is CCCOc1ccc(S(=O)(=O)NCc2ccco2)cc1OCCC. The second kappa shape index (κ2) is 8.75. The summed E-state index contributed by atoms with van der Waals surface area (Å²) >= 11 is 0. The second-order valence-corrected chi connectivity index (χ2v) is 6.98. The van der Waals surface area contributed by atoms with Gasteiger partial charge in [0.2, 0.25) is 10.0 Å². The molecule has 0 bridgehead atoms. The summed E-state index contributed by atoms with van der Waals surface area (Å²) in [4.78, 5) is 0.129. The van der Waals surface area contributed by atoms with E-state index >= 15 is 0 Å². The minimum Gasteiger partial charge on any atom is -0.490 e. The molecule has 1 heterocycles. The number of hydrogen-bond acceptors (Lipinski definition) is 5. The minimum absolute atomic E-state index is 0.0918. The van der Waals surface area contributed by atoms with E-state index in [1.54, 1.807) is 18.2 Å². The van der Waals surface area contributed by atoms with Crippen molar-refractivity contribution in [3.05, 3.63) is 42.4 Å². The van der Waals surface area contributed by atoms with Crippen LogP contribution in [0.5, 0.6) is 11.5 Å². The summed E-state index contributed by atoms with van der Waals surface area (Å²) in [6.07, 6.45) is 3.18. The summed E-state index contributed by atoms with van der Waals surface area (Å²) in [6, 6.07) is 8.04. The number of hydrogen-bond donors (Lipinski definition) is 1. The van der Waals surface area contributed by atoms with Gasteiger partial charge in [-0.2, -0.15) is 0 Å². The van der Waals surface area contributed by atoms with Crippen LogP contribution in [-0.2, 0) is 16.6 Å². The normalized spacial score (nSPS) is 11.4. The molecule has 2 aromatic rings. The first kappa shape index (κ1) is 18.4. The maximum atomic E-state index is 12.4. The number of sulfonamides is 1. The van der Waals surface area contributed by atoms with Crippen LogP contribution in [0.4, 0.5) is 0 Å². The average Bonchev–Trinajstić information content (AvgIpc) is 3.10. The largest absolute Gasteiger partial charge is 0.490 e. The Morgan fingerprint density at radius 2 is 1.75 bits per heavy atom. The van der Waals surface area contributed by atoms with Gasteiger partial charge in [-0.25, -0.2) is 13.1 Å². The molecular formula is C17H23NO5S. The first-order chi connectivity index (χ1) is 11.6. The van der Waals surface area contributed by atoms with Crippen LogP contribution in [0.25, 0.3) is 0 Å². The molecule has 7 heteroatoms. The van der Waals surface area contributed by atoms with Crippen molar-refractivity contribution in [2.24, 2.45) is 0 Å². The molecule has 1 aromatic carbocycles. The summed E-state index contributed by atoms with van der Waals surface area (Å²) in [7, 11) is -3.67. The van der Waals surface area contributed by atoms with E-state index in [1.807, 2.05) is 13.8 Å². The topological polar surface area (TPSA) is 77.8 Å². The Balaban J connectivity index is 2.18. The van der Waals surface area contributed by atoms with Crippen molar-refractivity contribution < 1.29 is 22.3 Å². The quantitative estimate of drug-likeness (QED) is 0.709. The molecule has 0 saturated carbocycles. The van der Waals surface area contributed by atoms with Gasteiger partial charge >= 0.3 is 0 Å². The Kier molecular flexibility index (Phi) is 6.69. The lowest BCUT2D eigenvalue weighted by Gasteiger charge is -2.14. The molecule has 0 aliphatic rings. The third-order valence-electron chi connectivity index (χ3n) is 3.17. The molecule has 2 rings (SSSR count). The molecule has 0 aliphatic heterocycles. The maximum absolute atomic E-state index is 12.4. The van der Waals surface area contributed by atoms with Crippen molar-refractivity contribution in [3.8, 4) is 11.5 Å². The van der Waals surface area contributed by atoms with Crippen molar-refractivity contribution >= 4 is 10.0 Å². The van der Waals surface area contributed by atoms with E-state index in [0.29, 0.717) is 30.5 Å². The van der Waals surface area contributed by atoms with Gasteiger partial charge in [-0.15, -0.1) is 0 Å². The molecule has 0 saturated heterocycles. The van der Waals surface area contributed by atoms with Gasteiger partial charge in [0.25, 0.3) is 0 Å². The molecule has 1 N–H and O–H groups in total. The molecule has 24 heavy (non-hydrogen) atoms. The number of furan rings is 1. The van der Waals surface area contributed by atoms with Crippen LogP contribution < -0.4 is 14.2 Å². The zero-order valence-electron chi connectivity index (χ0n) is 13.9. The minimum atomic E-state index is -3.67. The summed E-state index contributed by atoms with van der Waals surface area (Å²) in [6.45, 7) is 5.12. The van der Waals surface area contributed by atoms with E-state index in [9.17, 15) is 8.42 Å². The highest BCUT2D eigenvalue weighted by molar-refractivity contribution is 7.89. The molecule has 0 aliphatic carbocycles. The lowest BCUT2D eigenvalue weighted by atomic mass is 10.3. The van der Waals surface area contributed by atoms with Crippen LogP contribution in [0.1, 0.15) is 32.4 Å². The van der Waals surface area contributed by atoms with Crippen LogP contribution >= 0.6 is 0 Å². The number of rotatable bonds is 10. The van der Waals surface area contributed by atoms with E-state index in [4.69, 9.17) is 13.9 Å². The molecule has 0 spiro atoms. The van der Waals surface area contributed by atoms with Crippen molar-refractivity contribution in [1.82, 2.24) is 4.72 Å². The van der Waals surface area contributed by atoms with Crippen molar-refractivity contribution in [2.75, 3.05) is 13.2 Å². The Labute approximate surface area is 142 Å². The molecular weight excluding hydrogens is 330 g/mol. The first-order valence-electron chi connectivity index (χ1n) is 7.98. The fourth-order valence-corrected chi connectivity index (χ4v) is 2.98. The fourth-order valence-electron chi connectivity index (χ4n) is 1.97. The Morgan fingerprint density at radius 3 is 2.38 bits per heavy atom. The lowest BCUT2D eigenvalue weighted by molar-refractivity contribution is 0.267. The van der Waals surface area contributed by atoms with E-state index in [2.05, 4.69) is 4.72 Å². The maximum Gasteiger partial charge on any atom is 0.241 e. The van der Waals surface area contributed by atoms with Crippen molar-refractivity contribution in [1.29, 1.82) is 0 Å². The number of nitrogens with one attached hydrogen (secondary N) is 1. The van der Waals surface area contributed by atoms with Gasteiger partial charge in [0.05, 0.1) is 30.9 Å². The average molecular weight is 353 g/mol. The highest BCUT2D eigenvalue weighted by Crippen LogP contribution is 2.30. The predicted molar refractivity (Wildman–Crippen MR) is 90.7 cm³/mol. The summed E-state index contributed by atoms with van der Waals surface area (Å²) < 4.78 is 43.7. The zero-order chi connectivity index (χ0) is 17.4. The van der Waals surface area contributed by atoms with Gasteiger partial charge in [0.1, 0.15) is 5.76 Å². The number of benzene rings is 1. The fraction of sp³-hybridized carbons (Fsp3) is 0.412. The van der Waals surface area contributed by atoms with E-state index in [0.717, 1.165) is 12.8 Å². The summed E-state index contributed by atoms with van der Waals surface area (Å²) in [5, 5.41) is 0. The summed E-state index contributed by atoms with van der Waals surface area (Å²) in [5.74, 6) is 1.53. The van der Waals surface area contributed by atoms with Gasteiger partial charge in [-0.05, 0) is 37.1 Å². The van der Waals surface area contributed by atoms with E-state index < -0.39 is 10.0 Å². The van der Waals surface area contributed by atoms with E-state index in [-0.39, 0.29) is 11.4 Å². The number of ether oxygens (including phenoxy) is 2. The monoisotopic (exact) mass is 353 g/mol. The smallest absolute Gasteiger partial charge is 0.241 e. The van der Waals surface area contributed by atoms with Gasteiger partial charge in [0, 0.05) is 6.07 Å². The third kappa shape index (κ3) is 5.01. The highest BCUT2D eigenvalue weighted by Gasteiger charge is 2.17. The van der Waals surface area contributed by atoms with Gasteiger partial charge in [0.15, 0.2) is 11.5 Å². The third-order valence-corrected chi connectivity index (χ3v) is 4.56. The first-order valence-corrected chi connectivity index (χ1v) is 9.46. The lowest BCUT2D eigenvalue weighted by Crippen LogP contribution is -2.23. The Bertz CT molecular complexity index is 725. The molecule has 0 fully saturated rings. The standard InChI is InChI=1S/C17H23NO5S/c1-3-9-22-16-8-7-15(12-17(16)23-10-4-2)24(19,20)18-13-14-6-5-11-21-14/h5-8,11-12,18H,3-4,9-10,13H2,1-2H3. The van der Waals surface area contributed by atoms with Crippen LogP contribution in [-0.4, -0.2) is 21.6 Å². The van der Waals surface area contributed by atoms with Gasteiger partial charge in [-0.3, -0.25) is 0 Å². The van der Waals surface area contributed by atoms with Gasteiger partial charge in [-0.1, -0.05) is 13.8 Å². The Morgan fingerprint density at radius 1 is 1.04 bits per heavy atom.